The quantitative estimate of drug-likeness (QED) is 0.0838. The summed E-state index contributed by atoms with van der Waals surface area (Å²) in [5.41, 5.74) is 1.43. The zero-order valence-corrected chi connectivity index (χ0v) is 24.2. The number of hydrogen-bond donors (Lipinski definition) is 0. The first kappa shape index (κ1) is 34.1. The van der Waals surface area contributed by atoms with E-state index in [1.807, 2.05) is 0 Å². The van der Waals surface area contributed by atoms with Crippen molar-refractivity contribution in [3.8, 4) is 0 Å². The van der Waals surface area contributed by atoms with Gasteiger partial charge < -0.3 is 16.9 Å². The SMILES string of the molecule is CCCCCCCCCCCCCCCCCCC(c1ccccc1)[N+](CC)(CC)CCN=O.[Cl-]. The Kier molecular flexibility index (Phi) is 22.8. The normalized spacial score (nSPS) is 12.3. The van der Waals surface area contributed by atoms with Crippen LogP contribution in [-0.2, 0) is 0 Å². The second kappa shape index (κ2) is 23.5. The van der Waals surface area contributed by atoms with Crippen molar-refractivity contribution in [1.29, 1.82) is 0 Å². The maximum Gasteiger partial charge on any atom is 0.130 e. The minimum atomic E-state index is 0. The van der Waals surface area contributed by atoms with Crippen LogP contribution in [-0.4, -0.2) is 30.7 Å². The Bertz CT molecular complexity index is 577. The molecule has 0 aliphatic heterocycles. The molecule has 4 heteroatoms. The highest BCUT2D eigenvalue weighted by Crippen LogP contribution is 2.33. The van der Waals surface area contributed by atoms with Crippen LogP contribution in [0.1, 0.15) is 142 Å². The van der Waals surface area contributed by atoms with Crippen molar-refractivity contribution < 1.29 is 16.9 Å². The largest absolute Gasteiger partial charge is 1.00 e. The van der Waals surface area contributed by atoms with E-state index in [-0.39, 0.29) is 12.4 Å². The van der Waals surface area contributed by atoms with Crippen LogP contribution in [0.2, 0.25) is 0 Å². The number of halogens is 1. The topological polar surface area (TPSA) is 29.4 Å². The van der Waals surface area contributed by atoms with Crippen LogP contribution in [0.15, 0.2) is 35.5 Å². The monoisotopic (exact) mass is 508 g/mol. The Labute approximate surface area is 224 Å². The number of unbranched alkanes of at least 4 members (excludes halogenated alkanes) is 15. The van der Waals surface area contributed by atoms with E-state index in [1.54, 1.807) is 0 Å². The molecular formula is C31H57ClN2O. The van der Waals surface area contributed by atoms with Crippen LogP contribution < -0.4 is 12.4 Å². The molecule has 0 saturated carbocycles. The van der Waals surface area contributed by atoms with Gasteiger partial charge in [-0.05, 0) is 20.3 Å². The van der Waals surface area contributed by atoms with E-state index in [4.69, 9.17) is 0 Å². The zero-order valence-electron chi connectivity index (χ0n) is 23.5. The van der Waals surface area contributed by atoms with Gasteiger partial charge in [0.15, 0.2) is 0 Å². The molecule has 204 valence electrons. The third-order valence-corrected chi connectivity index (χ3v) is 8.07. The van der Waals surface area contributed by atoms with Gasteiger partial charge >= 0.3 is 0 Å². The number of rotatable bonds is 24. The predicted molar refractivity (Wildman–Crippen MR) is 150 cm³/mol. The van der Waals surface area contributed by atoms with E-state index in [9.17, 15) is 4.91 Å². The predicted octanol–water partition coefficient (Wildman–Crippen LogP) is 7.01. The van der Waals surface area contributed by atoms with Crippen molar-refractivity contribution in [3.05, 3.63) is 40.8 Å². The fourth-order valence-corrected chi connectivity index (χ4v) is 5.69. The van der Waals surface area contributed by atoms with Gasteiger partial charge in [0.1, 0.15) is 19.1 Å². The molecule has 0 heterocycles. The number of nitrogens with zero attached hydrogens (tertiary/aromatic N) is 2. The van der Waals surface area contributed by atoms with Gasteiger partial charge in [-0.25, -0.2) is 0 Å². The molecule has 0 amide bonds. The smallest absolute Gasteiger partial charge is 0.130 e. The van der Waals surface area contributed by atoms with Gasteiger partial charge in [-0.15, -0.1) is 0 Å². The van der Waals surface area contributed by atoms with Crippen molar-refractivity contribution in [3.63, 3.8) is 0 Å². The van der Waals surface area contributed by atoms with Crippen LogP contribution >= 0.6 is 0 Å². The van der Waals surface area contributed by atoms with E-state index < -0.39 is 0 Å². The standard InChI is InChI=1S/C31H57N2O.ClH/c1-4-7-8-9-10-11-12-13-14-15-16-17-18-19-20-24-27-31(30-25-22-21-23-26-30)33(5-2,6-3)29-28-32-34;/h21-23,25-26,31H,4-20,24,27-29H2,1-3H3;1H/q+1;/p-1. The highest BCUT2D eigenvalue weighted by Gasteiger charge is 2.34. The molecule has 0 aromatic heterocycles. The van der Waals surface area contributed by atoms with Crippen molar-refractivity contribution >= 4 is 0 Å². The summed E-state index contributed by atoms with van der Waals surface area (Å²) in [6.45, 7) is 10.2. The molecule has 1 unspecified atom stereocenters. The molecule has 1 aromatic rings. The average Bonchev–Trinajstić information content (AvgIpc) is 2.88. The van der Waals surface area contributed by atoms with Crippen molar-refractivity contribution in [2.45, 2.75) is 136 Å². The summed E-state index contributed by atoms with van der Waals surface area (Å²) >= 11 is 0. The average molecular weight is 509 g/mol. The molecule has 1 rings (SSSR count). The van der Waals surface area contributed by atoms with E-state index >= 15 is 0 Å². The van der Waals surface area contributed by atoms with Crippen LogP contribution in [0.3, 0.4) is 0 Å². The lowest BCUT2D eigenvalue weighted by Crippen LogP contribution is -3.00. The lowest BCUT2D eigenvalue weighted by atomic mass is 9.95. The fourth-order valence-electron chi connectivity index (χ4n) is 5.69. The molecule has 0 bridgehead atoms. The molecule has 0 radical (unpaired) electrons. The molecular weight excluding hydrogens is 452 g/mol. The summed E-state index contributed by atoms with van der Waals surface area (Å²) < 4.78 is 0.981. The van der Waals surface area contributed by atoms with Gasteiger partial charge in [-0.1, -0.05) is 139 Å². The van der Waals surface area contributed by atoms with E-state index in [0.717, 1.165) is 24.1 Å². The van der Waals surface area contributed by atoms with Crippen LogP contribution in [0.5, 0.6) is 0 Å². The number of nitroso groups, excluding NO2 is 1. The minimum Gasteiger partial charge on any atom is -1.00 e. The highest BCUT2D eigenvalue weighted by molar-refractivity contribution is 5.17. The first-order valence-electron chi connectivity index (χ1n) is 14.9. The Hall–Kier alpha value is -0.930. The zero-order chi connectivity index (χ0) is 24.7. The molecule has 1 atom stereocenters. The summed E-state index contributed by atoms with van der Waals surface area (Å²) in [5.74, 6) is 0. The molecule has 0 fully saturated rings. The fraction of sp³-hybridized carbons (Fsp3) is 0.806. The maximum absolute atomic E-state index is 10.9. The van der Waals surface area contributed by atoms with E-state index in [2.05, 4.69) is 56.3 Å². The van der Waals surface area contributed by atoms with Crippen molar-refractivity contribution in [1.82, 2.24) is 0 Å². The van der Waals surface area contributed by atoms with Crippen LogP contribution in [0.25, 0.3) is 0 Å². The summed E-state index contributed by atoms with van der Waals surface area (Å²) in [6, 6.07) is 11.5. The molecule has 0 aliphatic carbocycles. The lowest BCUT2D eigenvalue weighted by molar-refractivity contribution is -0.953. The van der Waals surface area contributed by atoms with Crippen molar-refractivity contribution in [2.24, 2.45) is 5.18 Å². The summed E-state index contributed by atoms with van der Waals surface area (Å²) in [4.78, 5) is 10.9. The molecule has 0 saturated heterocycles. The molecule has 0 N–H and O–H groups in total. The summed E-state index contributed by atoms with van der Waals surface area (Å²) in [7, 11) is 0. The molecule has 0 spiro atoms. The number of quaternary nitrogens is 1. The van der Waals surface area contributed by atoms with Crippen LogP contribution in [0.4, 0.5) is 0 Å². The number of benzene rings is 1. The summed E-state index contributed by atoms with van der Waals surface area (Å²) in [5, 5.41) is 3.21. The van der Waals surface area contributed by atoms with Gasteiger partial charge in [0.2, 0.25) is 0 Å². The molecule has 0 aliphatic rings. The van der Waals surface area contributed by atoms with Crippen LogP contribution in [0, 0.1) is 4.91 Å². The lowest BCUT2D eigenvalue weighted by Gasteiger charge is -2.44. The maximum atomic E-state index is 10.9. The second-order valence-electron chi connectivity index (χ2n) is 10.4. The Balaban J connectivity index is 0.0000116. The molecule has 35 heavy (non-hydrogen) atoms. The first-order chi connectivity index (χ1) is 16.7. The van der Waals surface area contributed by atoms with E-state index in [0.29, 0.717) is 12.6 Å². The van der Waals surface area contributed by atoms with Gasteiger partial charge in [-0.2, -0.15) is 4.91 Å². The molecule has 1 aromatic carbocycles. The first-order valence-corrected chi connectivity index (χ1v) is 14.9. The molecule has 3 nitrogen and oxygen atoms in total. The second-order valence-corrected chi connectivity index (χ2v) is 10.4. The third kappa shape index (κ3) is 15.0. The Morgan fingerprint density at radius 1 is 0.657 bits per heavy atom. The third-order valence-electron chi connectivity index (χ3n) is 8.07. The van der Waals surface area contributed by atoms with Gasteiger partial charge in [-0.3, -0.25) is 0 Å². The van der Waals surface area contributed by atoms with Gasteiger partial charge in [0.05, 0.1) is 13.1 Å². The Morgan fingerprint density at radius 2 is 1.09 bits per heavy atom. The number of hydrogen-bond acceptors (Lipinski definition) is 2. The van der Waals surface area contributed by atoms with Gasteiger partial charge in [0.25, 0.3) is 0 Å². The van der Waals surface area contributed by atoms with E-state index in [1.165, 1.54) is 115 Å². The Morgan fingerprint density at radius 3 is 1.49 bits per heavy atom. The van der Waals surface area contributed by atoms with Crippen molar-refractivity contribution in [2.75, 3.05) is 26.2 Å². The minimum absolute atomic E-state index is 0. The van der Waals surface area contributed by atoms with Gasteiger partial charge in [0, 0.05) is 12.0 Å². The highest BCUT2D eigenvalue weighted by atomic mass is 35.5. The summed E-state index contributed by atoms with van der Waals surface area (Å²) in [6.07, 6.45) is 23.8. The number of likely N-dealkylation sites (N-methyl/N-ethyl adjacent to an activating group) is 1.